The van der Waals surface area contributed by atoms with Gasteiger partial charge in [-0.25, -0.2) is 4.79 Å². The largest absolute Gasteiger partial charge is 0.325 e. The van der Waals surface area contributed by atoms with E-state index < -0.39 is 0 Å². The van der Waals surface area contributed by atoms with Crippen LogP contribution in [0.5, 0.6) is 0 Å². The van der Waals surface area contributed by atoms with Crippen LogP contribution in [0.15, 0.2) is 6.07 Å². The Morgan fingerprint density at radius 2 is 1.94 bits per heavy atom. The van der Waals surface area contributed by atoms with Gasteiger partial charge in [-0.05, 0) is 19.8 Å². The molecule has 0 spiro atoms. The molecule has 0 bridgehead atoms. The molecule has 1 fully saturated rings. The van der Waals surface area contributed by atoms with Crippen molar-refractivity contribution in [3.63, 3.8) is 0 Å². The van der Waals surface area contributed by atoms with Gasteiger partial charge in [0.2, 0.25) is 0 Å². The van der Waals surface area contributed by atoms with Crippen LogP contribution >= 0.6 is 0 Å². The van der Waals surface area contributed by atoms with Crippen molar-refractivity contribution >= 4 is 11.8 Å². The van der Waals surface area contributed by atoms with Gasteiger partial charge in [0.15, 0.2) is 5.82 Å². The third-order valence-corrected chi connectivity index (χ3v) is 3.24. The molecule has 1 saturated heterocycles. The van der Waals surface area contributed by atoms with Gasteiger partial charge in [0.25, 0.3) is 0 Å². The lowest BCUT2D eigenvalue weighted by Crippen LogP contribution is -2.35. The first-order valence-electron chi connectivity index (χ1n) is 6.23. The number of rotatable bonds is 1. The Morgan fingerprint density at radius 1 is 1.29 bits per heavy atom. The van der Waals surface area contributed by atoms with Crippen LogP contribution in [0.25, 0.3) is 0 Å². The second-order valence-electron chi connectivity index (χ2n) is 4.63. The molecule has 0 unspecified atom stereocenters. The molecule has 2 heterocycles. The molecule has 1 N–H and O–H groups in total. The minimum Gasteiger partial charge on any atom is -0.325 e. The number of aromatic nitrogens is 2. The molecule has 0 saturated carbocycles. The quantitative estimate of drug-likeness (QED) is 0.812. The van der Waals surface area contributed by atoms with Gasteiger partial charge in [-0.15, -0.1) is 0 Å². The van der Waals surface area contributed by atoms with Gasteiger partial charge in [-0.2, -0.15) is 5.10 Å². The summed E-state index contributed by atoms with van der Waals surface area (Å²) in [7, 11) is 1.87. The Labute approximate surface area is 102 Å². The first kappa shape index (κ1) is 12.0. The molecule has 0 aromatic carbocycles. The Morgan fingerprint density at radius 3 is 2.47 bits per heavy atom. The van der Waals surface area contributed by atoms with Crippen molar-refractivity contribution in [2.24, 2.45) is 7.05 Å². The van der Waals surface area contributed by atoms with Crippen LogP contribution in [0.4, 0.5) is 10.6 Å². The molecule has 1 aliphatic heterocycles. The predicted molar refractivity (Wildman–Crippen MR) is 67.0 cm³/mol. The third kappa shape index (κ3) is 2.99. The highest BCUT2D eigenvalue weighted by atomic mass is 16.2. The first-order chi connectivity index (χ1) is 8.16. The van der Waals surface area contributed by atoms with Crippen molar-refractivity contribution in [1.29, 1.82) is 0 Å². The number of anilines is 1. The molecule has 94 valence electrons. The van der Waals surface area contributed by atoms with Gasteiger partial charge < -0.3 is 4.90 Å². The fourth-order valence-corrected chi connectivity index (χ4v) is 2.08. The molecule has 0 aliphatic carbocycles. The lowest BCUT2D eigenvalue weighted by molar-refractivity contribution is 0.213. The topological polar surface area (TPSA) is 50.2 Å². The van der Waals surface area contributed by atoms with Gasteiger partial charge >= 0.3 is 6.03 Å². The van der Waals surface area contributed by atoms with E-state index in [9.17, 15) is 4.79 Å². The maximum atomic E-state index is 12.0. The van der Waals surface area contributed by atoms with E-state index in [4.69, 9.17) is 0 Å². The van der Waals surface area contributed by atoms with Crippen molar-refractivity contribution in [2.45, 2.75) is 32.6 Å². The average molecular weight is 236 g/mol. The molecule has 1 aliphatic rings. The van der Waals surface area contributed by atoms with Crippen LogP contribution in [0, 0.1) is 6.92 Å². The molecule has 2 amide bonds. The number of urea groups is 1. The Hall–Kier alpha value is -1.52. The third-order valence-electron chi connectivity index (χ3n) is 3.24. The van der Waals surface area contributed by atoms with Crippen molar-refractivity contribution in [2.75, 3.05) is 18.4 Å². The van der Waals surface area contributed by atoms with Crippen LogP contribution < -0.4 is 5.32 Å². The smallest absolute Gasteiger partial charge is 0.323 e. The van der Waals surface area contributed by atoms with Crippen molar-refractivity contribution in [3.05, 3.63) is 11.8 Å². The second kappa shape index (κ2) is 5.21. The molecule has 1 aromatic heterocycles. The first-order valence-corrected chi connectivity index (χ1v) is 6.23. The summed E-state index contributed by atoms with van der Waals surface area (Å²) in [6.45, 7) is 3.68. The van der Waals surface area contributed by atoms with Gasteiger partial charge in [-0.1, -0.05) is 12.8 Å². The highest BCUT2D eigenvalue weighted by Gasteiger charge is 2.16. The fraction of sp³-hybridized carbons (Fsp3) is 0.667. The molecular weight excluding hydrogens is 216 g/mol. The number of nitrogens with one attached hydrogen (secondary N) is 1. The number of amides is 2. The van der Waals surface area contributed by atoms with Crippen LogP contribution in [0.3, 0.4) is 0 Å². The SMILES string of the molecule is Cc1cc(NC(=O)N2CCCCCC2)nn1C. The highest BCUT2D eigenvalue weighted by molar-refractivity contribution is 5.88. The van der Waals surface area contributed by atoms with Crippen LogP contribution in [0.2, 0.25) is 0 Å². The Balaban J connectivity index is 1.95. The molecule has 5 nitrogen and oxygen atoms in total. The molecular formula is C12H20N4O. The second-order valence-corrected chi connectivity index (χ2v) is 4.63. The Kier molecular flexibility index (Phi) is 3.66. The van der Waals surface area contributed by atoms with Crippen LogP contribution in [-0.4, -0.2) is 33.8 Å². The number of nitrogens with zero attached hydrogens (tertiary/aromatic N) is 3. The monoisotopic (exact) mass is 236 g/mol. The summed E-state index contributed by atoms with van der Waals surface area (Å²) in [4.78, 5) is 13.9. The summed E-state index contributed by atoms with van der Waals surface area (Å²) < 4.78 is 1.76. The Bertz CT molecular complexity index is 372. The van der Waals surface area contributed by atoms with Crippen molar-refractivity contribution in [3.8, 4) is 0 Å². The molecule has 0 atom stereocenters. The van der Waals surface area contributed by atoms with E-state index in [1.807, 2.05) is 24.9 Å². The zero-order chi connectivity index (χ0) is 12.3. The van der Waals surface area contributed by atoms with E-state index in [0.29, 0.717) is 5.82 Å². The van der Waals surface area contributed by atoms with Gasteiger partial charge in [0, 0.05) is 31.9 Å². The lowest BCUT2D eigenvalue weighted by Gasteiger charge is -2.19. The van der Waals surface area contributed by atoms with Crippen molar-refractivity contribution < 1.29 is 4.79 Å². The van der Waals surface area contributed by atoms with E-state index in [-0.39, 0.29) is 6.03 Å². The normalized spacial score (nSPS) is 16.7. The standard InChI is InChI=1S/C12H20N4O/c1-10-9-11(14-15(10)2)13-12(17)16-7-5-3-4-6-8-16/h9H,3-8H2,1-2H3,(H,13,14,17). The van der Waals surface area contributed by atoms with Gasteiger partial charge in [0.1, 0.15) is 0 Å². The summed E-state index contributed by atoms with van der Waals surface area (Å²) in [6, 6.07) is 1.86. The number of hydrogen-bond acceptors (Lipinski definition) is 2. The summed E-state index contributed by atoms with van der Waals surface area (Å²) in [6.07, 6.45) is 4.67. The fourth-order valence-electron chi connectivity index (χ4n) is 2.08. The molecule has 17 heavy (non-hydrogen) atoms. The maximum Gasteiger partial charge on any atom is 0.323 e. The molecule has 2 rings (SSSR count). The van der Waals surface area contributed by atoms with Crippen LogP contribution in [-0.2, 0) is 7.05 Å². The minimum absolute atomic E-state index is 0.0231. The summed E-state index contributed by atoms with van der Waals surface area (Å²) in [5, 5.41) is 7.08. The summed E-state index contributed by atoms with van der Waals surface area (Å²) in [5.41, 5.74) is 1.04. The number of likely N-dealkylation sites (tertiary alicyclic amines) is 1. The summed E-state index contributed by atoms with van der Waals surface area (Å²) in [5.74, 6) is 0.638. The van der Waals surface area contributed by atoms with E-state index in [1.54, 1.807) is 4.68 Å². The van der Waals surface area contributed by atoms with Gasteiger partial charge in [0.05, 0.1) is 0 Å². The summed E-state index contributed by atoms with van der Waals surface area (Å²) >= 11 is 0. The van der Waals surface area contributed by atoms with E-state index in [2.05, 4.69) is 10.4 Å². The molecule has 1 aromatic rings. The predicted octanol–water partition coefficient (Wildman–Crippen LogP) is 2.14. The number of carbonyl (C=O) groups is 1. The van der Waals surface area contributed by atoms with E-state index in [0.717, 1.165) is 31.6 Å². The minimum atomic E-state index is -0.0231. The van der Waals surface area contributed by atoms with E-state index in [1.165, 1.54) is 12.8 Å². The highest BCUT2D eigenvalue weighted by Crippen LogP contribution is 2.12. The maximum absolute atomic E-state index is 12.0. The van der Waals surface area contributed by atoms with E-state index >= 15 is 0 Å². The lowest BCUT2D eigenvalue weighted by atomic mass is 10.2. The zero-order valence-corrected chi connectivity index (χ0v) is 10.6. The number of hydrogen-bond donors (Lipinski definition) is 1. The molecule has 5 heteroatoms. The molecule has 0 radical (unpaired) electrons. The van der Waals surface area contributed by atoms with Crippen molar-refractivity contribution in [1.82, 2.24) is 14.7 Å². The van der Waals surface area contributed by atoms with Gasteiger partial charge in [-0.3, -0.25) is 10.00 Å². The zero-order valence-electron chi connectivity index (χ0n) is 10.6. The number of carbonyl (C=O) groups excluding carboxylic acids is 1. The van der Waals surface area contributed by atoms with Crippen LogP contribution in [0.1, 0.15) is 31.4 Å². The number of aryl methyl sites for hydroxylation is 2. The average Bonchev–Trinajstić information content (AvgIpc) is 2.54.